The summed E-state index contributed by atoms with van der Waals surface area (Å²) in [5.41, 5.74) is 4.21. The summed E-state index contributed by atoms with van der Waals surface area (Å²) in [4.78, 5) is 26.7. The Hall–Kier alpha value is -4.11. The molecule has 4 aromatic rings. The second kappa shape index (κ2) is 8.72. The van der Waals surface area contributed by atoms with Gasteiger partial charge in [-0.25, -0.2) is 9.78 Å². The number of fused-ring (bicyclic) bond motifs is 1. The van der Waals surface area contributed by atoms with Gasteiger partial charge in [0.05, 0.1) is 10.6 Å². The molecule has 0 spiro atoms. The number of aromatic nitrogens is 1. The molecular weight excluding hydrogens is 416 g/mol. The summed E-state index contributed by atoms with van der Waals surface area (Å²) in [6.45, 7) is 0. The fourth-order valence-electron chi connectivity index (χ4n) is 3.10. The third-order valence-electron chi connectivity index (χ3n) is 4.63. The molecular formula is C22H16N4O4S. The molecule has 0 fully saturated rings. The number of hydrogen-bond acceptors (Lipinski definition) is 7. The van der Waals surface area contributed by atoms with Crippen LogP contribution in [-0.2, 0) is 11.2 Å². The summed E-state index contributed by atoms with van der Waals surface area (Å²) >= 11 is 1.29. The number of nitrogens with zero attached hydrogens (tertiary/aromatic N) is 3. The van der Waals surface area contributed by atoms with Gasteiger partial charge in [-0.05, 0) is 16.8 Å². The van der Waals surface area contributed by atoms with Crippen LogP contribution in [0.1, 0.15) is 5.56 Å². The van der Waals surface area contributed by atoms with E-state index in [9.17, 15) is 20.0 Å². The molecule has 0 amide bonds. The summed E-state index contributed by atoms with van der Waals surface area (Å²) in [6, 6.07) is 20.0. The third kappa shape index (κ3) is 4.57. The second-order valence-electron chi connectivity index (χ2n) is 6.64. The van der Waals surface area contributed by atoms with Gasteiger partial charge in [-0.2, -0.15) is 5.10 Å². The first-order chi connectivity index (χ1) is 15.0. The van der Waals surface area contributed by atoms with E-state index in [1.165, 1.54) is 29.5 Å². The van der Waals surface area contributed by atoms with E-state index < -0.39 is 10.9 Å². The Bertz CT molecular complexity index is 1320. The molecule has 0 saturated heterocycles. The Balaban J connectivity index is 1.55. The lowest BCUT2D eigenvalue weighted by Gasteiger charge is -2.04. The molecule has 0 aliphatic heterocycles. The van der Waals surface area contributed by atoms with E-state index in [2.05, 4.69) is 15.5 Å². The first kappa shape index (κ1) is 20.2. The fraction of sp³-hybridized carbons (Fsp3) is 0.0455. The molecule has 3 aromatic carbocycles. The van der Waals surface area contributed by atoms with E-state index in [1.54, 1.807) is 6.07 Å². The van der Waals surface area contributed by atoms with Gasteiger partial charge in [0.25, 0.3) is 5.69 Å². The zero-order chi connectivity index (χ0) is 21.8. The molecule has 9 heteroatoms. The van der Waals surface area contributed by atoms with Crippen molar-refractivity contribution in [3.05, 3.63) is 87.8 Å². The lowest BCUT2D eigenvalue weighted by molar-refractivity contribution is -0.385. The van der Waals surface area contributed by atoms with Gasteiger partial charge in [-0.3, -0.25) is 15.5 Å². The fourth-order valence-corrected chi connectivity index (χ4v) is 3.76. The Morgan fingerprint density at radius 2 is 1.84 bits per heavy atom. The van der Waals surface area contributed by atoms with Gasteiger partial charge in [0.2, 0.25) is 5.13 Å². The molecule has 4 rings (SSSR count). The lowest BCUT2D eigenvalue weighted by atomic mass is 10.1. The molecule has 0 aliphatic carbocycles. The van der Waals surface area contributed by atoms with Crippen molar-refractivity contribution in [3.8, 4) is 11.3 Å². The van der Waals surface area contributed by atoms with E-state index in [4.69, 9.17) is 0 Å². The van der Waals surface area contributed by atoms with Crippen LogP contribution in [0.3, 0.4) is 0 Å². The predicted octanol–water partition coefficient (Wildman–Crippen LogP) is 4.97. The normalized spacial score (nSPS) is 11.4. The number of nitro groups is 1. The van der Waals surface area contributed by atoms with Crippen molar-refractivity contribution in [2.24, 2.45) is 5.10 Å². The zero-order valence-corrected chi connectivity index (χ0v) is 16.9. The van der Waals surface area contributed by atoms with Crippen LogP contribution in [0.25, 0.3) is 22.0 Å². The highest BCUT2D eigenvalue weighted by atomic mass is 32.1. The molecule has 154 valence electrons. The van der Waals surface area contributed by atoms with E-state index in [-0.39, 0.29) is 23.4 Å². The smallest absolute Gasteiger partial charge is 0.352 e. The van der Waals surface area contributed by atoms with Crippen molar-refractivity contribution in [1.82, 2.24) is 4.98 Å². The number of hydrazone groups is 1. The highest BCUT2D eigenvalue weighted by molar-refractivity contribution is 7.14. The molecule has 31 heavy (non-hydrogen) atoms. The van der Waals surface area contributed by atoms with E-state index in [1.807, 2.05) is 47.8 Å². The summed E-state index contributed by atoms with van der Waals surface area (Å²) in [5, 5.41) is 29.1. The van der Waals surface area contributed by atoms with Crippen molar-refractivity contribution in [2.75, 3.05) is 5.43 Å². The van der Waals surface area contributed by atoms with Crippen LogP contribution in [0.2, 0.25) is 0 Å². The predicted molar refractivity (Wildman–Crippen MR) is 121 cm³/mol. The molecule has 1 aromatic heterocycles. The van der Waals surface area contributed by atoms with Crippen LogP contribution in [0, 0.1) is 10.1 Å². The lowest BCUT2D eigenvalue weighted by Crippen LogP contribution is -2.18. The first-order valence-electron chi connectivity index (χ1n) is 9.24. The minimum Gasteiger partial charge on any atom is -0.477 e. The summed E-state index contributed by atoms with van der Waals surface area (Å²) in [5.74, 6) is -1.27. The number of rotatable bonds is 7. The number of nitro benzene ring substituents is 1. The van der Waals surface area contributed by atoms with Gasteiger partial charge >= 0.3 is 5.97 Å². The maximum absolute atomic E-state index is 11.6. The van der Waals surface area contributed by atoms with Crippen LogP contribution in [-0.4, -0.2) is 26.7 Å². The largest absolute Gasteiger partial charge is 0.477 e. The molecule has 0 unspecified atom stereocenters. The van der Waals surface area contributed by atoms with Crippen molar-refractivity contribution < 1.29 is 14.8 Å². The minimum absolute atomic E-state index is 0.149. The van der Waals surface area contributed by atoms with E-state index in [0.29, 0.717) is 5.13 Å². The number of thiazole rings is 1. The topological polar surface area (TPSA) is 118 Å². The standard InChI is InChI=1S/C22H16N4O4S/c27-21(28)18(12-17-7-3-4-8-20(17)26(29)30)24-25-22-23-19(13-31-22)16-10-9-14-5-1-2-6-15(14)11-16/h1-11,13H,12H2,(H,23,25)(H,27,28)/b24-18-. The molecule has 0 atom stereocenters. The highest BCUT2D eigenvalue weighted by Gasteiger charge is 2.18. The summed E-state index contributed by atoms with van der Waals surface area (Å²) < 4.78 is 0. The maximum Gasteiger partial charge on any atom is 0.352 e. The molecule has 0 aliphatic rings. The maximum atomic E-state index is 11.6. The molecule has 1 heterocycles. The van der Waals surface area contributed by atoms with Gasteiger partial charge in [0, 0.05) is 29.0 Å². The number of hydrogen-bond donors (Lipinski definition) is 2. The summed E-state index contributed by atoms with van der Waals surface area (Å²) in [6.07, 6.45) is -0.192. The van der Waals surface area contributed by atoms with Gasteiger partial charge in [0.1, 0.15) is 5.71 Å². The zero-order valence-electron chi connectivity index (χ0n) is 16.1. The Labute approximate surface area is 180 Å². The quantitative estimate of drug-likeness (QED) is 0.242. The molecule has 0 bridgehead atoms. The van der Waals surface area contributed by atoms with Gasteiger partial charge in [0.15, 0.2) is 0 Å². The number of nitrogens with one attached hydrogen (secondary N) is 1. The molecule has 8 nitrogen and oxygen atoms in total. The first-order valence-corrected chi connectivity index (χ1v) is 10.1. The van der Waals surface area contributed by atoms with E-state index in [0.717, 1.165) is 22.0 Å². The Morgan fingerprint density at radius 1 is 1.10 bits per heavy atom. The van der Waals surface area contributed by atoms with Gasteiger partial charge < -0.3 is 5.11 Å². The van der Waals surface area contributed by atoms with Crippen LogP contribution in [0.4, 0.5) is 10.8 Å². The Morgan fingerprint density at radius 3 is 2.61 bits per heavy atom. The number of carboxylic acid groups (broad SMARTS) is 1. The van der Waals surface area contributed by atoms with Gasteiger partial charge in [-0.1, -0.05) is 54.6 Å². The number of aliphatic carboxylic acids is 1. The van der Waals surface area contributed by atoms with Crippen molar-refractivity contribution in [2.45, 2.75) is 6.42 Å². The van der Waals surface area contributed by atoms with E-state index >= 15 is 0 Å². The van der Waals surface area contributed by atoms with Crippen LogP contribution in [0.15, 0.2) is 77.2 Å². The Kier molecular flexibility index (Phi) is 5.67. The van der Waals surface area contributed by atoms with Gasteiger partial charge in [-0.15, -0.1) is 11.3 Å². The average molecular weight is 432 g/mol. The number of carbonyl (C=O) groups is 1. The van der Waals surface area contributed by atoms with Crippen LogP contribution < -0.4 is 5.43 Å². The monoisotopic (exact) mass is 432 g/mol. The van der Waals surface area contributed by atoms with Crippen molar-refractivity contribution >= 4 is 44.6 Å². The second-order valence-corrected chi connectivity index (χ2v) is 7.50. The SMILES string of the molecule is O=C(O)/C(Cc1ccccc1[N+](=O)[O-])=N\Nc1nc(-c2ccc3ccccc3c2)cs1. The number of benzene rings is 3. The minimum atomic E-state index is -1.27. The van der Waals surface area contributed by atoms with Crippen LogP contribution in [0.5, 0.6) is 0 Å². The number of anilines is 1. The number of carboxylic acids is 1. The van der Waals surface area contributed by atoms with Crippen molar-refractivity contribution in [3.63, 3.8) is 0 Å². The van der Waals surface area contributed by atoms with Crippen molar-refractivity contribution in [1.29, 1.82) is 0 Å². The number of para-hydroxylation sites is 1. The summed E-state index contributed by atoms with van der Waals surface area (Å²) in [7, 11) is 0. The average Bonchev–Trinajstić information content (AvgIpc) is 3.25. The third-order valence-corrected chi connectivity index (χ3v) is 5.38. The molecule has 0 radical (unpaired) electrons. The highest BCUT2D eigenvalue weighted by Crippen LogP contribution is 2.28. The molecule has 2 N–H and O–H groups in total. The molecule has 0 saturated carbocycles. The van der Waals surface area contributed by atoms with Crippen LogP contribution >= 0.6 is 11.3 Å².